The fraction of sp³-hybridized carbons (Fsp3) is 0.158. The molecule has 0 unspecified atom stereocenters. The number of amides is 1. The SMILES string of the molecule is COC(=O)c1ccc(O)c(C=CCNC(=O)OCc2ccccc2)c1. The Morgan fingerprint density at radius 2 is 1.92 bits per heavy atom. The van der Waals surface area contributed by atoms with E-state index in [2.05, 4.69) is 10.1 Å². The molecular weight excluding hydrogens is 322 g/mol. The first-order valence-corrected chi connectivity index (χ1v) is 7.62. The van der Waals surface area contributed by atoms with Gasteiger partial charge in [0, 0.05) is 12.1 Å². The lowest BCUT2D eigenvalue weighted by atomic mass is 10.1. The molecule has 0 saturated heterocycles. The monoisotopic (exact) mass is 341 g/mol. The predicted molar refractivity (Wildman–Crippen MR) is 93.1 cm³/mol. The third kappa shape index (κ3) is 5.69. The lowest BCUT2D eigenvalue weighted by Gasteiger charge is -2.05. The Kier molecular flexibility index (Phi) is 6.59. The molecule has 0 aromatic heterocycles. The fourth-order valence-corrected chi connectivity index (χ4v) is 2.04. The Hall–Kier alpha value is -3.28. The minimum atomic E-state index is -0.541. The van der Waals surface area contributed by atoms with Gasteiger partial charge in [-0.3, -0.25) is 0 Å². The summed E-state index contributed by atoms with van der Waals surface area (Å²) < 4.78 is 9.71. The second-order valence-electron chi connectivity index (χ2n) is 5.11. The number of hydrogen-bond acceptors (Lipinski definition) is 5. The molecule has 0 spiro atoms. The van der Waals surface area contributed by atoms with Gasteiger partial charge in [-0.2, -0.15) is 0 Å². The van der Waals surface area contributed by atoms with E-state index >= 15 is 0 Å². The van der Waals surface area contributed by atoms with Crippen LogP contribution in [0.25, 0.3) is 6.08 Å². The van der Waals surface area contributed by atoms with Crippen LogP contribution in [0.15, 0.2) is 54.6 Å². The van der Waals surface area contributed by atoms with Gasteiger partial charge in [-0.25, -0.2) is 9.59 Å². The Morgan fingerprint density at radius 3 is 2.64 bits per heavy atom. The van der Waals surface area contributed by atoms with Crippen molar-refractivity contribution in [3.63, 3.8) is 0 Å². The van der Waals surface area contributed by atoms with Crippen molar-refractivity contribution in [2.45, 2.75) is 6.61 Å². The van der Waals surface area contributed by atoms with E-state index in [1.807, 2.05) is 30.3 Å². The van der Waals surface area contributed by atoms with Crippen LogP contribution in [0.1, 0.15) is 21.5 Å². The molecule has 6 nitrogen and oxygen atoms in total. The molecule has 2 N–H and O–H groups in total. The number of esters is 1. The highest BCUT2D eigenvalue weighted by atomic mass is 16.5. The summed E-state index contributed by atoms with van der Waals surface area (Å²) in [6, 6.07) is 13.7. The number of aromatic hydroxyl groups is 1. The highest BCUT2D eigenvalue weighted by Gasteiger charge is 2.07. The van der Waals surface area contributed by atoms with E-state index < -0.39 is 12.1 Å². The Balaban J connectivity index is 1.82. The molecule has 0 atom stereocenters. The largest absolute Gasteiger partial charge is 0.507 e. The summed E-state index contributed by atoms with van der Waals surface area (Å²) in [4.78, 5) is 23.1. The van der Waals surface area contributed by atoms with Crippen molar-refractivity contribution in [2.24, 2.45) is 0 Å². The third-order valence-corrected chi connectivity index (χ3v) is 3.32. The Morgan fingerprint density at radius 1 is 1.16 bits per heavy atom. The second kappa shape index (κ2) is 9.12. The molecule has 0 fully saturated rings. The number of alkyl carbamates (subject to hydrolysis) is 1. The second-order valence-corrected chi connectivity index (χ2v) is 5.11. The van der Waals surface area contributed by atoms with E-state index in [4.69, 9.17) is 4.74 Å². The summed E-state index contributed by atoms with van der Waals surface area (Å²) in [6.45, 7) is 0.411. The highest BCUT2D eigenvalue weighted by Crippen LogP contribution is 2.20. The summed E-state index contributed by atoms with van der Waals surface area (Å²) in [6.07, 6.45) is 2.69. The average molecular weight is 341 g/mol. The lowest BCUT2D eigenvalue weighted by molar-refractivity contribution is 0.0600. The third-order valence-electron chi connectivity index (χ3n) is 3.32. The molecule has 2 aromatic rings. The molecule has 0 heterocycles. The number of methoxy groups -OCH3 is 1. The number of hydrogen-bond donors (Lipinski definition) is 2. The maximum atomic E-state index is 11.6. The van der Waals surface area contributed by atoms with Crippen molar-refractivity contribution in [3.05, 3.63) is 71.3 Å². The number of benzene rings is 2. The van der Waals surface area contributed by atoms with Crippen LogP contribution in [0.2, 0.25) is 0 Å². The van der Waals surface area contributed by atoms with Crippen molar-refractivity contribution in [2.75, 3.05) is 13.7 Å². The van der Waals surface area contributed by atoms with Crippen LogP contribution in [-0.4, -0.2) is 30.8 Å². The van der Waals surface area contributed by atoms with Gasteiger partial charge in [0.15, 0.2) is 0 Å². The Labute approximate surface area is 145 Å². The van der Waals surface area contributed by atoms with Gasteiger partial charge in [0.2, 0.25) is 0 Å². The van der Waals surface area contributed by atoms with Crippen LogP contribution < -0.4 is 5.32 Å². The standard InChI is InChI=1S/C19H19NO5/c1-24-18(22)16-9-10-17(21)15(12-16)8-5-11-20-19(23)25-13-14-6-3-2-4-7-14/h2-10,12,21H,11,13H2,1H3,(H,20,23). The Bertz CT molecular complexity index is 756. The van der Waals surface area contributed by atoms with Crippen molar-refractivity contribution in [1.82, 2.24) is 5.32 Å². The van der Waals surface area contributed by atoms with Gasteiger partial charge in [0.25, 0.3) is 0 Å². The van der Waals surface area contributed by atoms with E-state index in [-0.39, 0.29) is 18.9 Å². The van der Waals surface area contributed by atoms with Crippen molar-refractivity contribution in [3.8, 4) is 5.75 Å². The molecular formula is C19H19NO5. The topological polar surface area (TPSA) is 84.9 Å². The van der Waals surface area contributed by atoms with E-state index in [1.165, 1.54) is 25.3 Å². The van der Waals surface area contributed by atoms with Crippen LogP contribution in [0.5, 0.6) is 5.75 Å². The van der Waals surface area contributed by atoms with Crippen molar-refractivity contribution < 1.29 is 24.2 Å². The first-order valence-electron chi connectivity index (χ1n) is 7.62. The number of ether oxygens (including phenoxy) is 2. The van der Waals surface area contributed by atoms with E-state index in [9.17, 15) is 14.7 Å². The zero-order valence-corrected chi connectivity index (χ0v) is 13.8. The van der Waals surface area contributed by atoms with E-state index in [0.29, 0.717) is 11.1 Å². The molecule has 1 amide bonds. The molecule has 130 valence electrons. The molecule has 0 bridgehead atoms. The van der Waals surface area contributed by atoms with Gasteiger partial charge in [-0.1, -0.05) is 42.5 Å². The zero-order chi connectivity index (χ0) is 18.1. The normalized spacial score (nSPS) is 10.4. The zero-order valence-electron chi connectivity index (χ0n) is 13.8. The van der Waals surface area contributed by atoms with Gasteiger partial charge in [0.05, 0.1) is 12.7 Å². The molecule has 0 aliphatic rings. The number of nitrogens with one attached hydrogen (secondary N) is 1. The fourth-order valence-electron chi connectivity index (χ4n) is 2.04. The number of phenols is 1. The summed E-state index contributed by atoms with van der Waals surface area (Å²) in [7, 11) is 1.29. The smallest absolute Gasteiger partial charge is 0.407 e. The number of carbonyl (C=O) groups excluding carboxylic acids is 2. The highest BCUT2D eigenvalue weighted by molar-refractivity contribution is 5.90. The summed E-state index contributed by atoms with van der Waals surface area (Å²) >= 11 is 0. The van der Waals surface area contributed by atoms with E-state index in [0.717, 1.165) is 5.56 Å². The first kappa shape index (κ1) is 18.1. The summed E-state index contributed by atoms with van der Waals surface area (Å²) in [5.41, 5.74) is 1.68. The van der Waals surface area contributed by atoms with E-state index in [1.54, 1.807) is 12.2 Å². The van der Waals surface area contributed by atoms with Crippen LogP contribution >= 0.6 is 0 Å². The first-order chi connectivity index (χ1) is 12.1. The molecule has 2 rings (SSSR count). The van der Waals surface area contributed by atoms with Crippen LogP contribution in [0.3, 0.4) is 0 Å². The van der Waals surface area contributed by atoms with Crippen LogP contribution in [-0.2, 0) is 16.1 Å². The molecule has 6 heteroatoms. The van der Waals surface area contributed by atoms with Crippen molar-refractivity contribution >= 4 is 18.1 Å². The minimum Gasteiger partial charge on any atom is -0.507 e. The molecule has 0 radical (unpaired) electrons. The number of rotatable bonds is 6. The van der Waals surface area contributed by atoms with Gasteiger partial charge < -0.3 is 19.9 Å². The van der Waals surface area contributed by atoms with Crippen molar-refractivity contribution in [1.29, 1.82) is 0 Å². The van der Waals surface area contributed by atoms with Gasteiger partial charge >= 0.3 is 12.1 Å². The van der Waals surface area contributed by atoms with Gasteiger partial charge in [-0.15, -0.1) is 0 Å². The molecule has 0 aliphatic heterocycles. The van der Waals surface area contributed by atoms with Gasteiger partial charge in [-0.05, 0) is 23.8 Å². The maximum absolute atomic E-state index is 11.6. The molecule has 0 saturated carbocycles. The van der Waals surface area contributed by atoms with Crippen LogP contribution in [0.4, 0.5) is 4.79 Å². The number of carbonyl (C=O) groups is 2. The summed E-state index contributed by atoms with van der Waals surface area (Å²) in [5, 5.41) is 12.4. The molecule has 2 aromatic carbocycles. The molecule has 0 aliphatic carbocycles. The van der Waals surface area contributed by atoms with Gasteiger partial charge in [0.1, 0.15) is 12.4 Å². The minimum absolute atomic E-state index is 0.0237. The summed E-state index contributed by atoms with van der Waals surface area (Å²) in [5.74, 6) is -0.465. The lowest BCUT2D eigenvalue weighted by Crippen LogP contribution is -2.24. The quantitative estimate of drug-likeness (QED) is 0.789. The average Bonchev–Trinajstić information content (AvgIpc) is 2.65. The predicted octanol–water partition coefficient (Wildman–Crippen LogP) is 3.12. The van der Waals surface area contributed by atoms with Crippen LogP contribution in [0, 0.1) is 0 Å². The number of phenolic OH excluding ortho intramolecular Hbond substituents is 1. The molecule has 25 heavy (non-hydrogen) atoms. The maximum Gasteiger partial charge on any atom is 0.407 e.